The van der Waals surface area contributed by atoms with Gasteiger partial charge in [-0.05, 0) is 30.5 Å². The largest absolute Gasteiger partial charge is 0.478 e. The Hall–Kier alpha value is -2.17. The third kappa shape index (κ3) is 1.44. The third-order valence-electron chi connectivity index (χ3n) is 3.72. The molecule has 5 nitrogen and oxygen atoms in total. The number of nitrogens with zero attached hydrogens (tertiary/aromatic N) is 1. The summed E-state index contributed by atoms with van der Waals surface area (Å²) in [5.74, 6) is -0.356. The highest BCUT2D eigenvalue weighted by Crippen LogP contribution is 2.50. The van der Waals surface area contributed by atoms with Crippen LogP contribution in [0.25, 0.3) is 6.08 Å². The highest BCUT2D eigenvalue weighted by atomic mass is 16.4. The van der Waals surface area contributed by atoms with Gasteiger partial charge in [0.25, 0.3) is 0 Å². The Bertz CT molecular complexity index is 574. The lowest BCUT2D eigenvalue weighted by atomic mass is 9.65. The van der Waals surface area contributed by atoms with E-state index < -0.39 is 11.4 Å². The van der Waals surface area contributed by atoms with Crippen LogP contribution < -0.4 is 5.32 Å². The zero-order valence-corrected chi connectivity index (χ0v) is 9.64. The van der Waals surface area contributed by atoms with Gasteiger partial charge in [0.1, 0.15) is 5.82 Å². The average molecular weight is 244 g/mol. The number of carbonyl (C=O) groups excluding carboxylic acids is 1. The Balaban J connectivity index is 2.01. The highest BCUT2D eigenvalue weighted by molar-refractivity contribution is 6.06. The lowest BCUT2D eigenvalue weighted by molar-refractivity contribution is -0.131. The van der Waals surface area contributed by atoms with Crippen molar-refractivity contribution in [3.05, 3.63) is 29.5 Å². The molecule has 0 bridgehead atoms. The van der Waals surface area contributed by atoms with E-state index in [1.807, 2.05) is 6.07 Å². The van der Waals surface area contributed by atoms with Gasteiger partial charge >= 0.3 is 5.97 Å². The molecule has 0 unspecified atom stereocenters. The molecule has 1 spiro atoms. The summed E-state index contributed by atoms with van der Waals surface area (Å²) in [5.41, 5.74) is 1.21. The van der Waals surface area contributed by atoms with Gasteiger partial charge < -0.3 is 10.4 Å². The minimum absolute atomic E-state index is 0.0237. The molecular weight excluding hydrogens is 232 g/mol. The summed E-state index contributed by atoms with van der Waals surface area (Å²) in [5, 5.41) is 11.4. The number of carbonyl (C=O) groups is 2. The van der Waals surface area contributed by atoms with Crippen molar-refractivity contribution in [3.8, 4) is 0 Å². The van der Waals surface area contributed by atoms with Gasteiger partial charge in [0.05, 0.1) is 5.41 Å². The van der Waals surface area contributed by atoms with E-state index in [9.17, 15) is 9.59 Å². The van der Waals surface area contributed by atoms with E-state index in [0.29, 0.717) is 11.4 Å². The van der Waals surface area contributed by atoms with Gasteiger partial charge in [0.2, 0.25) is 5.91 Å². The van der Waals surface area contributed by atoms with Crippen molar-refractivity contribution in [3.63, 3.8) is 0 Å². The van der Waals surface area contributed by atoms with Crippen LogP contribution in [0.1, 0.15) is 30.4 Å². The van der Waals surface area contributed by atoms with Crippen LogP contribution in [0, 0.1) is 0 Å². The minimum atomic E-state index is -0.997. The minimum Gasteiger partial charge on any atom is -0.478 e. The number of hydrogen-bond donors (Lipinski definition) is 2. The van der Waals surface area contributed by atoms with Crippen LogP contribution in [0.2, 0.25) is 0 Å². The molecule has 1 aromatic heterocycles. The van der Waals surface area contributed by atoms with Crippen molar-refractivity contribution >= 4 is 23.8 Å². The van der Waals surface area contributed by atoms with E-state index in [-0.39, 0.29) is 5.91 Å². The fraction of sp³-hybridized carbons (Fsp3) is 0.308. The first kappa shape index (κ1) is 11.0. The molecule has 1 saturated carbocycles. The van der Waals surface area contributed by atoms with Crippen molar-refractivity contribution in [2.24, 2.45) is 0 Å². The summed E-state index contributed by atoms with van der Waals surface area (Å²) in [4.78, 5) is 26.6. The van der Waals surface area contributed by atoms with E-state index >= 15 is 0 Å². The summed E-state index contributed by atoms with van der Waals surface area (Å²) in [6, 6.07) is 1.86. The molecule has 1 aliphatic heterocycles. The quantitative estimate of drug-likeness (QED) is 0.773. The molecule has 2 N–H and O–H groups in total. The molecule has 18 heavy (non-hydrogen) atoms. The van der Waals surface area contributed by atoms with Crippen LogP contribution >= 0.6 is 0 Å². The van der Waals surface area contributed by atoms with Crippen molar-refractivity contribution < 1.29 is 14.7 Å². The number of aromatic nitrogens is 1. The van der Waals surface area contributed by atoms with E-state index in [1.165, 1.54) is 6.08 Å². The molecule has 1 aromatic rings. The van der Waals surface area contributed by atoms with Crippen LogP contribution in [0.4, 0.5) is 5.82 Å². The van der Waals surface area contributed by atoms with Gasteiger partial charge in [0.15, 0.2) is 0 Å². The smallest absolute Gasteiger partial charge is 0.328 e. The number of carboxylic acids is 1. The fourth-order valence-corrected chi connectivity index (χ4v) is 2.58. The van der Waals surface area contributed by atoms with Gasteiger partial charge in [-0.15, -0.1) is 0 Å². The first-order chi connectivity index (χ1) is 8.62. The number of carboxylic acid groups (broad SMARTS) is 1. The second-order valence-electron chi connectivity index (χ2n) is 4.73. The maximum Gasteiger partial charge on any atom is 0.328 e. The predicted molar refractivity (Wildman–Crippen MR) is 65.1 cm³/mol. The molecule has 92 valence electrons. The normalized spacial score (nSPS) is 19.7. The SMILES string of the molecule is O=C(O)/C=C/c1cnc2c(c1)C1(CCC1)C(=O)N2. The topological polar surface area (TPSA) is 79.3 Å². The number of hydrogen-bond acceptors (Lipinski definition) is 3. The molecule has 0 saturated heterocycles. The molecule has 1 aliphatic carbocycles. The summed E-state index contributed by atoms with van der Waals surface area (Å²) in [6.07, 6.45) is 6.86. The standard InChI is InChI=1S/C13H12N2O3/c16-10(17)3-2-8-6-9-11(14-7-8)15-12(18)13(9)4-1-5-13/h2-3,6-7H,1,4-5H2,(H,16,17)(H,14,15,18)/b3-2+. The average Bonchev–Trinajstić information content (AvgIpc) is 2.57. The number of pyridine rings is 1. The van der Waals surface area contributed by atoms with Crippen molar-refractivity contribution in [2.45, 2.75) is 24.7 Å². The Kier molecular flexibility index (Phi) is 2.23. The van der Waals surface area contributed by atoms with Crippen LogP contribution in [0.5, 0.6) is 0 Å². The maximum absolute atomic E-state index is 11.9. The summed E-state index contributed by atoms with van der Waals surface area (Å²) < 4.78 is 0. The molecule has 0 radical (unpaired) electrons. The zero-order chi connectivity index (χ0) is 12.8. The van der Waals surface area contributed by atoms with E-state index in [0.717, 1.165) is 30.9 Å². The molecule has 2 aliphatic rings. The molecule has 5 heteroatoms. The van der Waals surface area contributed by atoms with E-state index in [2.05, 4.69) is 10.3 Å². The lowest BCUT2D eigenvalue weighted by Crippen LogP contribution is -2.40. The second-order valence-corrected chi connectivity index (χ2v) is 4.73. The zero-order valence-electron chi connectivity index (χ0n) is 9.64. The first-order valence-corrected chi connectivity index (χ1v) is 5.85. The fourth-order valence-electron chi connectivity index (χ4n) is 2.58. The van der Waals surface area contributed by atoms with Gasteiger partial charge in [-0.25, -0.2) is 9.78 Å². The molecule has 1 amide bonds. The molecule has 1 fully saturated rings. The monoisotopic (exact) mass is 244 g/mol. The highest BCUT2D eigenvalue weighted by Gasteiger charge is 2.51. The maximum atomic E-state index is 11.9. The number of nitrogens with one attached hydrogen (secondary N) is 1. The number of rotatable bonds is 2. The van der Waals surface area contributed by atoms with Crippen LogP contribution in [-0.4, -0.2) is 22.0 Å². The van der Waals surface area contributed by atoms with Gasteiger partial charge in [-0.1, -0.05) is 6.42 Å². The van der Waals surface area contributed by atoms with Crippen LogP contribution in [-0.2, 0) is 15.0 Å². The van der Waals surface area contributed by atoms with Gasteiger partial charge in [0, 0.05) is 17.8 Å². The van der Waals surface area contributed by atoms with Crippen LogP contribution in [0.3, 0.4) is 0 Å². The van der Waals surface area contributed by atoms with Crippen molar-refractivity contribution in [1.82, 2.24) is 4.98 Å². The van der Waals surface area contributed by atoms with E-state index in [4.69, 9.17) is 5.11 Å². The Labute approximate surface area is 104 Å². The lowest BCUT2D eigenvalue weighted by Gasteiger charge is -2.35. The number of anilines is 1. The Morgan fingerprint density at radius 1 is 1.50 bits per heavy atom. The number of fused-ring (bicyclic) bond motifs is 2. The first-order valence-electron chi connectivity index (χ1n) is 5.85. The Morgan fingerprint density at radius 3 is 2.89 bits per heavy atom. The van der Waals surface area contributed by atoms with Crippen molar-refractivity contribution in [1.29, 1.82) is 0 Å². The second kappa shape index (κ2) is 3.66. The number of aliphatic carboxylic acids is 1. The molecule has 0 atom stereocenters. The van der Waals surface area contributed by atoms with E-state index in [1.54, 1.807) is 6.20 Å². The number of amides is 1. The summed E-state index contributed by atoms with van der Waals surface area (Å²) in [6.45, 7) is 0. The van der Waals surface area contributed by atoms with Gasteiger partial charge in [-0.2, -0.15) is 0 Å². The molecule has 0 aromatic carbocycles. The summed E-state index contributed by atoms with van der Waals surface area (Å²) in [7, 11) is 0. The summed E-state index contributed by atoms with van der Waals surface area (Å²) >= 11 is 0. The Morgan fingerprint density at radius 2 is 2.28 bits per heavy atom. The third-order valence-corrected chi connectivity index (χ3v) is 3.72. The molecule has 2 heterocycles. The van der Waals surface area contributed by atoms with Crippen molar-refractivity contribution in [2.75, 3.05) is 5.32 Å². The van der Waals surface area contributed by atoms with Gasteiger partial charge in [-0.3, -0.25) is 4.79 Å². The van der Waals surface area contributed by atoms with Crippen LogP contribution in [0.15, 0.2) is 18.3 Å². The predicted octanol–water partition coefficient (Wildman–Crippen LogP) is 1.55. The molecule has 3 rings (SSSR count). The molecular formula is C13H12N2O3.